The van der Waals surface area contributed by atoms with Crippen LogP contribution in [0.5, 0.6) is 0 Å². The summed E-state index contributed by atoms with van der Waals surface area (Å²) in [7, 11) is -3.47. The lowest BCUT2D eigenvalue weighted by Crippen LogP contribution is -2.44. The zero-order valence-corrected chi connectivity index (χ0v) is 13.2. The van der Waals surface area contributed by atoms with E-state index >= 15 is 0 Å². The number of carboxylic acids is 1. The van der Waals surface area contributed by atoms with Gasteiger partial charge in [-0.2, -0.15) is 0 Å². The molecule has 1 saturated heterocycles. The number of rotatable bonds is 5. The molecule has 0 bridgehead atoms. The second-order valence-electron chi connectivity index (χ2n) is 5.54. The Morgan fingerprint density at radius 1 is 1.26 bits per heavy atom. The molecule has 126 valence electrons. The predicted octanol–water partition coefficient (Wildman–Crippen LogP) is 1.08. The fourth-order valence-corrected chi connectivity index (χ4v) is 4.43. The van der Waals surface area contributed by atoms with Crippen molar-refractivity contribution in [3.63, 3.8) is 0 Å². The van der Waals surface area contributed by atoms with Crippen LogP contribution in [0.2, 0.25) is 0 Å². The standard InChI is InChI=1S/C15H18FNO5S/c16-11-6-4-10(5-7-11)12(15(19)20)9-17-14(18)13-3-1-2-8-23(13,21)22/h4-7,12-13H,1-3,8-9H2,(H,17,18)(H,19,20). The van der Waals surface area contributed by atoms with Gasteiger partial charge in [-0.1, -0.05) is 18.6 Å². The third kappa shape index (κ3) is 4.28. The Balaban J connectivity index is 2.05. The molecule has 1 amide bonds. The molecule has 1 aromatic carbocycles. The van der Waals surface area contributed by atoms with Crippen molar-refractivity contribution in [3.05, 3.63) is 35.6 Å². The summed E-state index contributed by atoms with van der Waals surface area (Å²) >= 11 is 0. The van der Waals surface area contributed by atoms with Gasteiger partial charge in [-0.25, -0.2) is 12.8 Å². The van der Waals surface area contributed by atoms with Gasteiger partial charge in [-0.15, -0.1) is 0 Å². The number of hydrogen-bond donors (Lipinski definition) is 2. The van der Waals surface area contributed by atoms with Crippen LogP contribution in [-0.4, -0.2) is 42.9 Å². The van der Waals surface area contributed by atoms with Gasteiger partial charge in [0.1, 0.15) is 11.1 Å². The number of aliphatic carboxylic acids is 1. The quantitative estimate of drug-likeness (QED) is 0.833. The van der Waals surface area contributed by atoms with Crippen molar-refractivity contribution >= 4 is 21.7 Å². The highest BCUT2D eigenvalue weighted by atomic mass is 32.2. The topological polar surface area (TPSA) is 101 Å². The van der Waals surface area contributed by atoms with Gasteiger partial charge >= 0.3 is 5.97 Å². The molecule has 2 rings (SSSR count). The van der Waals surface area contributed by atoms with Crippen molar-refractivity contribution in [2.45, 2.75) is 30.4 Å². The molecule has 0 aliphatic carbocycles. The summed E-state index contributed by atoms with van der Waals surface area (Å²) in [5, 5.41) is 10.6. The molecule has 1 aliphatic rings. The summed E-state index contributed by atoms with van der Waals surface area (Å²) in [4.78, 5) is 23.4. The van der Waals surface area contributed by atoms with Crippen molar-refractivity contribution in [3.8, 4) is 0 Å². The van der Waals surface area contributed by atoms with Gasteiger partial charge in [0.05, 0.1) is 11.7 Å². The van der Waals surface area contributed by atoms with Crippen molar-refractivity contribution < 1.29 is 27.5 Å². The van der Waals surface area contributed by atoms with E-state index in [0.29, 0.717) is 18.4 Å². The van der Waals surface area contributed by atoms with E-state index in [-0.39, 0.29) is 18.7 Å². The normalized spacial score (nSPS) is 21.3. The summed E-state index contributed by atoms with van der Waals surface area (Å²) in [6.07, 6.45) is 1.44. The lowest BCUT2D eigenvalue weighted by Gasteiger charge is -2.22. The van der Waals surface area contributed by atoms with Crippen LogP contribution in [0.3, 0.4) is 0 Å². The number of nitrogens with one attached hydrogen (secondary N) is 1. The second kappa shape index (κ2) is 7.08. The Labute approximate surface area is 133 Å². The number of halogens is 1. The largest absolute Gasteiger partial charge is 0.481 e. The molecule has 0 aromatic heterocycles. The lowest BCUT2D eigenvalue weighted by atomic mass is 9.99. The maximum atomic E-state index is 12.9. The minimum atomic E-state index is -3.47. The molecule has 1 fully saturated rings. The maximum absolute atomic E-state index is 12.9. The van der Waals surface area contributed by atoms with E-state index in [4.69, 9.17) is 0 Å². The van der Waals surface area contributed by atoms with Gasteiger partial charge in [0.25, 0.3) is 0 Å². The van der Waals surface area contributed by atoms with Crippen molar-refractivity contribution in [1.29, 1.82) is 0 Å². The van der Waals surface area contributed by atoms with Crippen molar-refractivity contribution in [2.75, 3.05) is 12.3 Å². The molecule has 2 unspecified atom stereocenters. The molecule has 1 heterocycles. The smallest absolute Gasteiger partial charge is 0.312 e. The van der Waals surface area contributed by atoms with Crippen LogP contribution < -0.4 is 5.32 Å². The first-order chi connectivity index (χ1) is 10.8. The number of carbonyl (C=O) groups excluding carboxylic acids is 1. The first kappa shape index (κ1) is 17.4. The minimum Gasteiger partial charge on any atom is -0.481 e. The van der Waals surface area contributed by atoms with E-state index < -0.39 is 38.7 Å². The molecule has 2 atom stereocenters. The number of benzene rings is 1. The second-order valence-corrected chi connectivity index (χ2v) is 7.84. The molecule has 1 aliphatic heterocycles. The van der Waals surface area contributed by atoms with Crippen LogP contribution in [0.15, 0.2) is 24.3 Å². The van der Waals surface area contributed by atoms with Crippen molar-refractivity contribution in [1.82, 2.24) is 5.32 Å². The van der Waals surface area contributed by atoms with Gasteiger partial charge in [-0.3, -0.25) is 9.59 Å². The molecule has 2 N–H and O–H groups in total. The van der Waals surface area contributed by atoms with E-state index in [9.17, 15) is 27.5 Å². The highest BCUT2D eigenvalue weighted by molar-refractivity contribution is 7.92. The number of sulfone groups is 1. The zero-order chi connectivity index (χ0) is 17.0. The first-order valence-corrected chi connectivity index (χ1v) is 9.00. The molecular weight excluding hydrogens is 325 g/mol. The molecule has 0 saturated carbocycles. The molecular formula is C15H18FNO5S. The fourth-order valence-electron chi connectivity index (χ4n) is 2.61. The number of amides is 1. The van der Waals surface area contributed by atoms with E-state index in [0.717, 1.165) is 12.1 Å². The van der Waals surface area contributed by atoms with Gasteiger partial charge in [0, 0.05) is 6.54 Å². The molecule has 23 heavy (non-hydrogen) atoms. The molecule has 8 heteroatoms. The van der Waals surface area contributed by atoms with Crippen LogP contribution in [0.25, 0.3) is 0 Å². The van der Waals surface area contributed by atoms with Gasteiger partial charge in [-0.05, 0) is 30.5 Å². The van der Waals surface area contributed by atoms with Crippen LogP contribution >= 0.6 is 0 Å². The summed E-state index contributed by atoms with van der Waals surface area (Å²) < 4.78 is 36.7. The fraction of sp³-hybridized carbons (Fsp3) is 0.467. The number of hydrogen-bond acceptors (Lipinski definition) is 4. The summed E-state index contributed by atoms with van der Waals surface area (Å²) in [6.45, 7) is -0.244. The Hall–Kier alpha value is -1.96. The monoisotopic (exact) mass is 343 g/mol. The maximum Gasteiger partial charge on any atom is 0.312 e. The Morgan fingerprint density at radius 3 is 2.48 bits per heavy atom. The van der Waals surface area contributed by atoms with Crippen LogP contribution in [-0.2, 0) is 19.4 Å². The van der Waals surface area contributed by atoms with Crippen LogP contribution in [0, 0.1) is 5.82 Å². The zero-order valence-electron chi connectivity index (χ0n) is 12.4. The third-order valence-corrected chi connectivity index (χ3v) is 6.10. The number of carboxylic acid groups (broad SMARTS) is 1. The van der Waals surface area contributed by atoms with Gasteiger partial charge in [0.2, 0.25) is 5.91 Å². The Kier molecular flexibility index (Phi) is 5.35. The SMILES string of the molecule is O=C(O)C(CNC(=O)C1CCCCS1(=O)=O)c1ccc(F)cc1. The van der Waals surface area contributed by atoms with E-state index in [2.05, 4.69) is 5.32 Å². The van der Waals surface area contributed by atoms with Gasteiger partial charge < -0.3 is 10.4 Å². The Bertz CT molecular complexity index is 686. The first-order valence-electron chi connectivity index (χ1n) is 7.29. The van der Waals surface area contributed by atoms with Crippen molar-refractivity contribution in [2.24, 2.45) is 0 Å². The van der Waals surface area contributed by atoms with E-state index in [1.165, 1.54) is 12.1 Å². The Morgan fingerprint density at radius 2 is 1.91 bits per heavy atom. The average Bonchev–Trinajstić information content (AvgIpc) is 2.48. The van der Waals surface area contributed by atoms with E-state index in [1.807, 2.05) is 0 Å². The van der Waals surface area contributed by atoms with Crippen LogP contribution in [0.1, 0.15) is 30.7 Å². The molecule has 1 aromatic rings. The van der Waals surface area contributed by atoms with E-state index in [1.54, 1.807) is 0 Å². The molecule has 6 nitrogen and oxygen atoms in total. The minimum absolute atomic E-state index is 0.0224. The highest BCUT2D eigenvalue weighted by Gasteiger charge is 2.35. The number of carbonyl (C=O) groups is 2. The summed E-state index contributed by atoms with van der Waals surface area (Å²) in [5.74, 6) is -3.42. The lowest BCUT2D eigenvalue weighted by molar-refractivity contribution is -0.138. The van der Waals surface area contributed by atoms with Gasteiger partial charge in [0.15, 0.2) is 9.84 Å². The molecule has 0 spiro atoms. The predicted molar refractivity (Wildman–Crippen MR) is 81.2 cm³/mol. The summed E-state index contributed by atoms with van der Waals surface area (Å²) in [5.41, 5.74) is 0.339. The average molecular weight is 343 g/mol. The third-order valence-electron chi connectivity index (χ3n) is 3.92. The van der Waals surface area contributed by atoms with Crippen LogP contribution in [0.4, 0.5) is 4.39 Å². The highest BCUT2D eigenvalue weighted by Crippen LogP contribution is 2.20. The molecule has 0 radical (unpaired) electrons. The summed E-state index contributed by atoms with van der Waals surface area (Å²) in [6, 6.07) is 4.94.